The molecular formula is C11H20N2O3. The van der Waals surface area contributed by atoms with Crippen LogP contribution in [0.3, 0.4) is 0 Å². The fourth-order valence-electron chi connectivity index (χ4n) is 1.81. The number of hydrogen-bond acceptors (Lipinski definition) is 3. The molecule has 0 spiro atoms. The second-order valence-corrected chi connectivity index (χ2v) is 5.06. The van der Waals surface area contributed by atoms with Crippen LogP contribution in [0.5, 0.6) is 0 Å². The zero-order valence-electron chi connectivity index (χ0n) is 10.2. The number of carbonyl (C=O) groups is 2. The van der Waals surface area contributed by atoms with Gasteiger partial charge in [-0.3, -0.25) is 9.59 Å². The first-order valence-electron chi connectivity index (χ1n) is 5.50. The van der Waals surface area contributed by atoms with Crippen LogP contribution in [0.2, 0.25) is 0 Å². The first kappa shape index (κ1) is 13.0. The van der Waals surface area contributed by atoms with E-state index in [1.165, 1.54) is 6.92 Å². The van der Waals surface area contributed by atoms with Crippen molar-refractivity contribution in [1.29, 1.82) is 0 Å². The molecule has 0 heterocycles. The van der Waals surface area contributed by atoms with Gasteiger partial charge in [-0.2, -0.15) is 0 Å². The molecule has 0 saturated heterocycles. The number of aliphatic hydroxyl groups excluding tert-OH is 1. The fraction of sp³-hybridized carbons (Fsp3) is 0.818. The Bertz CT molecular complexity index is 302. The molecule has 5 heteroatoms. The molecule has 3 unspecified atom stereocenters. The minimum atomic E-state index is -0.536. The summed E-state index contributed by atoms with van der Waals surface area (Å²) in [6, 6.07) is -0.558. The summed E-state index contributed by atoms with van der Waals surface area (Å²) < 4.78 is 0. The van der Waals surface area contributed by atoms with Gasteiger partial charge in [-0.25, -0.2) is 0 Å². The molecule has 0 bridgehead atoms. The van der Waals surface area contributed by atoms with Gasteiger partial charge in [-0.15, -0.1) is 0 Å². The summed E-state index contributed by atoms with van der Waals surface area (Å²) in [6.45, 7) is 6.84. The summed E-state index contributed by atoms with van der Waals surface area (Å²) in [5.74, 6) is -0.435. The van der Waals surface area contributed by atoms with E-state index in [1.54, 1.807) is 6.92 Å². The number of amides is 2. The van der Waals surface area contributed by atoms with Crippen LogP contribution >= 0.6 is 0 Å². The average Bonchev–Trinajstić information content (AvgIpc) is 2.16. The predicted octanol–water partition coefficient (Wildman–Crippen LogP) is -0.213. The van der Waals surface area contributed by atoms with E-state index in [1.807, 2.05) is 13.8 Å². The van der Waals surface area contributed by atoms with Crippen LogP contribution in [-0.4, -0.2) is 35.1 Å². The second-order valence-electron chi connectivity index (χ2n) is 5.06. The normalized spacial score (nSPS) is 28.8. The van der Waals surface area contributed by atoms with E-state index in [-0.39, 0.29) is 29.4 Å². The number of rotatable bonds is 3. The molecule has 1 saturated carbocycles. The van der Waals surface area contributed by atoms with E-state index in [9.17, 15) is 14.7 Å². The van der Waals surface area contributed by atoms with Crippen molar-refractivity contribution in [2.45, 2.75) is 52.3 Å². The maximum absolute atomic E-state index is 11.7. The molecule has 5 nitrogen and oxygen atoms in total. The highest BCUT2D eigenvalue weighted by atomic mass is 16.3. The molecule has 92 valence electrons. The van der Waals surface area contributed by atoms with Gasteiger partial charge in [0.2, 0.25) is 11.8 Å². The highest BCUT2D eigenvalue weighted by Gasteiger charge is 2.48. The monoisotopic (exact) mass is 228 g/mol. The van der Waals surface area contributed by atoms with Crippen molar-refractivity contribution >= 4 is 11.8 Å². The highest BCUT2D eigenvalue weighted by molar-refractivity contribution is 5.86. The predicted molar refractivity (Wildman–Crippen MR) is 59.6 cm³/mol. The molecule has 0 aromatic heterocycles. The molecule has 3 atom stereocenters. The molecule has 1 aliphatic rings. The molecule has 0 aliphatic heterocycles. The van der Waals surface area contributed by atoms with Gasteiger partial charge in [0.25, 0.3) is 0 Å². The Kier molecular flexibility index (Phi) is 3.57. The molecular weight excluding hydrogens is 208 g/mol. The summed E-state index contributed by atoms with van der Waals surface area (Å²) in [6.07, 6.45) is 0.208. The van der Waals surface area contributed by atoms with Crippen molar-refractivity contribution in [2.24, 2.45) is 5.41 Å². The van der Waals surface area contributed by atoms with Crippen LogP contribution in [-0.2, 0) is 9.59 Å². The van der Waals surface area contributed by atoms with Crippen LogP contribution < -0.4 is 10.6 Å². The standard InChI is InChI=1S/C11H20N2O3/c1-6(12-7(2)14)10(16)13-8-5-9(15)11(8,3)4/h6,8-9,15H,5H2,1-4H3,(H,12,14)(H,13,16). The molecule has 16 heavy (non-hydrogen) atoms. The van der Waals surface area contributed by atoms with Crippen LogP contribution in [0.15, 0.2) is 0 Å². The first-order valence-corrected chi connectivity index (χ1v) is 5.50. The third kappa shape index (κ3) is 2.52. The summed E-state index contributed by atoms with van der Waals surface area (Å²) in [4.78, 5) is 22.4. The molecule has 0 radical (unpaired) electrons. The average molecular weight is 228 g/mol. The van der Waals surface area contributed by atoms with Crippen LogP contribution in [0, 0.1) is 5.41 Å². The summed E-state index contributed by atoms with van der Waals surface area (Å²) >= 11 is 0. The largest absolute Gasteiger partial charge is 0.392 e. The Morgan fingerprint density at radius 1 is 1.44 bits per heavy atom. The number of hydrogen-bond donors (Lipinski definition) is 3. The van der Waals surface area contributed by atoms with Crippen molar-refractivity contribution in [1.82, 2.24) is 10.6 Å². The molecule has 3 N–H and O–H groups in total. The summed E-state index contributed by atoms with van der Waals surface area (Å²) in [5.41, 5.74) is -0.286. The van der Waals surface area contributed by atoms with Gasteiger partial charge in [-0.05, 0) is 13.3 Å². The van der Waals surface area contributed by atoms with E-state index >= 15 is 0 Å². The van der Waals surface area contributed by atoms with Gasteiger partial charge < -0.3 is 15.7 Å². The quantitative estimate of drug-likeness (QED) is 0.625. The summed E-state index contributed by atoms with van der Waals surface area (Å²) in [7, 11) is 0. The van der Waals surface area contributed by atoms with Crippen molar-refractivity contribution in [3.05, 3.63) is 0 Å². The van der Waals surface area contributed by atoms with Crippen molar-refractivity contribution in [3.8, 4) is 0 Å². The van der Waals surface area contributed by atoms with Crippen molar-refractivity contribution in [2.75, 3.05) is 0 Å². The third-order valence-corrected chi connectivity index (χ3v) is 3.35. The topological polar surface area (TPSA) is 78.4 Å². The number of carbonyl (C=O) groups excluding carboxylic acids is 2. The molecule has 2 amide bonds. The molecule has 0 aromatic rings. The lowest BCUT2D eigenvalue weighted by molar-refractivity contribution is -0.133. The minimum Gasteiger partial charge on any atom is -0.392 e. The van der Waals surface area contributed by atoms with Gasteiger partial charge in [0.1, 0.15) is 6.04 Å². The van der Waals surface area contributed by atoms with E-state index < -0.39 is 6.04 Å². The Labute approximate surface area is 95.6 Å². The smallest absolute Gasteiger partial charge is 0.242 e. The van der Waals surface area contributed by atoms with Crippen LogP contribution in [0.1, 0.15) is 34.1 Å². The second kappa shape index (κ2) is 4.41. The van der Waals surface area contributed by atoms with Crippen LogP contribution in [0.25, 0.3) is 0 Å². The van der Waals surface area contributed by atoms with Gasteiger partial charge in [0.15, 0.2) is 0 Å². The lowest BCUT2D eigenvalue weighted by atomic mass is 9.64. The lowest BCUT2D eigenvalue weighted by Crippen LogP contribution is -2.63. The SMILES string of the molecule is CC(=O)NC(C)C(=O)NC1CC(O)C1(C)C. The number of aliphatic hydroxyl groups is 1. The van der Waals surface area contributed by atoms with Gasteiger partial charge in [0, 0.05) is 18.4 Å². The van der Waals surface area contributed by atoms with Gasteiger partial charge in [0.05, 0.1) is 6.10 Å². The fourth-order valence-corrected chi connectivity index (χ4v) is 1.81. The first-order chi connectivity index (χ1) is 7.25. The van der Waals surface area contributed by atoms with E-state index in [2.05, 4.69) is 10.6 Å². The van der Waals surface area contributed by atoms with E-state index in [0.29, 0.717) is 6.42 Å². The van der Waals surface area contributed by atoms with E-state index in [4.69, 9.17) is 0 Å². The molecule has 1 fully saturated rings. The van der Waals surface area contributed by atoms with E-state index in [0.717, 1.165) is 0 Å². The Morgan fingerprint density at radius 2 is 2.00 bits per heavy atom. The number of nitrogens with one attached hydrogen (secondary N) is 2. The van der Waals surface area contributed by atoms with Gasteiger partial charge >= 0.3 is 0 Å². The Morgan fingerprint density at radius 3 is 2.38 bits per heavy atom. The summed E-state index contributed by atoms with van der Waals surface area (Å²) in [5, 5.41) is 14.9. The van der Waals surface area contributed by atoms with Crippen molar-refractivity contribution < 1.29 is 14.7 Å². The molecule has 1 rings (SSSR count). The van der Waals surface area contributed by atoms with Gasteiger partial charge in [-0.1, -0.05) is 13.8 Å². The Hall–Kier alpha value is -1.10. The lowest BCUT2D eigenvalue weighted by Gasteiger charge is -2.49. The maximum Gasteiger partial charge on any atom is 0.242 e. The zero-order valence-corrected chi connectivity index (χ0v) is 10.2. The van der Waals surface area contributed by atoms with Crippen LogP contribution in [0.4, 0.5) is 0 Å². The minimum absolute atomic E-state index is 0.0220. The molecule has 1 aliphatic carbocycles. The Balaban J connectivity index is 2.44. The van der Waals surface area contributed by atoms with Crippen molar-refractivity contribution in [3.63, 3.8) is 0 Å². The highest BCUT2D eigenvalue weighted by Crippen LogP contribution is 2.40. The molecule has 0 aromatic carbocycles. The maximum atomic E-state index is 11.7. The zero-order chi connectivity index (χ0) is 12.5. The third-order valence-electron chi connectivity index (χ3n) is 3.35.